The summed E-state index contributed by atoms with van der Waals surface area (Å²) in [6.45, 7) is 13.1. The van der Waals surface area contributed by atoms with Gasteiger partial charge in [0.05, 0.1) is 0 Å². The molecule has 1 aromatic rings. The van der Waals surface area contributed by atoms with E-state index in [1.54, 1.807) is 0 Å². The summed E-state index contributed by atoms with van der Waals surface area (Å²) in [5.41, 5.74) is 4.54. The summed E-state index contributed by atoms with van der Waals surface area (Å²) in [4.78, 5) is 30.5. The molecule has 188 valence electrons. The number of fused-ring (bicyclic) bond motifs is 2. The molecule has 4 unspecified atom stereocenters. The van der Waals surface area contributed by atoms with E-state index in [1.165, 1.54) is 11.1 Å². The van der Waals surface area contributed by atoms with E-state index in [2.05, 4.69) is 82.0 Å². The highest BCUT2D eigenvalue weighted by Gasteiger charge is 2.60. The Hall–Kier alpha value is -2.43. The van der Waals surface area contributed by atoms with Gasteiger partial charge in [-0.1, -0.05) is 45.4 Å². The van der Waals surface area contributed by atoms with E-state index in [9.17, 15) is 9.59 Å². The van der Waals surface area contributed by atoms with Gasteiger partial charge in [0, 0.05) is 73.7 Å². The van der Waals surface area contributed by atoms with Crippen molar-refractivity contribution >= 4 is 23.0 Å². The minimum Gasteiger partial charge on any atom is -0.364 e. The lowest BCUT2D eigenvalue weighted by Crippen LogP contribution is -2.68. The van der Waals surface area contributed by atoms with Crippen LogP contribution in [-0.2, 0) is 9.59 Å². The van der Waals surface area contributed by atoms with E-state index in [-0.39, 0.29) is 40.7 Å². The summed E-state index contributed by atoms with van der Waals surface area (Å²) in [6.07, 6.45) is 5.94. The van der Waals surface area contributed by atoms with Crippen LogP contribution < -0.4 is 4.90 Å². The molecule has 4 atom stereocenters. The summed E-state index contributed by atoms with van der Waals surface area (Å²) in [7, 11) is 1.96. The molecule has 0 spiro atoms. The summed E-state index contributed by atoms with van der Waals surface area (Å²) in [6, 6.07) is 8.91. The number of rotatable bonds is 2. The molecule has 1 aromatic carbocycles. The third kappa shape index (κ3) is 4.36. The number of Topliss-reactive ketones (excluding diaryl/α,β-unsaturated/α-hetero) is 2. The van der Waals surface area contributed by atoms with Crippen molar-refractivity contribution in [2.24, 2.45) is 33.7 Å². The number of hydrazone groups is 1. The molecule has 2 aliphatic carbocycles. The normalized spacial score (nSPS) is 34.1. The molecule has 5 heteroatoms. The molecule has 0 aromatic heterocycles. The number of carbonyl (C=O) groups is 2. The molecule has 1 saturated heterocycles. The Morgan fingerprint density at radius 3 is 1.83 bits per heavy atom. The fourth-order valence-corrected chi connectivity index (χ4v) is 7.71. The Balaban J connectivity index is 1.70. The zero-order valence-electron chi connectivity index (χ0n) is 22.5. The average molecular weight is 476 g/mol. The van der Waals surface area contributed by atoms with Crippen molar-refractivity contribution in [3.63, 3.8) is 0 Å². The second-order valence-electron chi connectivity index (χ2n) is 13.3. The Morgan fingerprint density at radius 2 is 1.34 bits per heavy atom. The molecule has 0 amide bonds. The molecule has 4 aliphatic rings. The van der Waals surface area contributed by atoms with Crippen molar-refractivity contribution in [2.75, 3.05) is 11.9 Å². The van der Waals surface area contributed by atoms with Gasteiger partial charge in [-0.05, 0) is 55.2 Å². The first-order valence-electron chi connectivity index (χ1n) is 13.2. The van der Waals surface area contributed by atoms with Crippen molar-refractivity contribution in [2.45, 2.75) is 85.7 Å². The smallest absolute Gasteiger partial charge is 0.139 e. The zero-order valence-corrected chi connectivity index (χ0v) is 22.5. The highest BCUT2D eigenvalue weighted by atomic mass is 16.1. The lowest BCUT2D eigenvalue weighted by molar-refractivity contribution is -0.140. The molecule has 0 radical (unpaired) electrons. The van der Waals surface area contributed by atoms with Crippen LogP contribution in [0, 0.1) is 35.5 Å². The maximum absolute atomic E-state index is 14.0. The molecule has 2 heterocycles. The first-order chi connectivity index (χ1) is 16.3. The molecule has 2 aliphatic heterocycles. The molecule has 5 nitrogen and oxygen atoms in total. The van der Waals surface area contributed by atoms with Crippen LogP contribution in [0.2, 0.25) is 0 Å². The van der Waals surface area contributed by atoms with Crippen molar-refractivity contribution < 1.29 is 9.59 Å². The first kappa shape index (κ1) is 24.3. The monoisotopic (exact) mass is 475 g/mol. The Morgan fingerprint density at radius 1 is 0.829 bits per heavy atom. The van der Waals surface area contributed by atoms with Crippen LogP contribution in [0.15, 0.2) is 41.1 Å². The second-order valence-corrected chi connectivity index (χ2v) is 13.3. The number of hydrogen-bond donors (Lipinski definition) is 0. The summed E-state index contributed by atoms with van der Waals surface area (Å²) >= 11 is 0. The lowest BCUT2D eigenvalue weighted by atomic mass is 9.53. The lowest BCUT2D eigenvalue weighted by Gasteiger charge is -2.61. The van der Waals surface area contributed by atoms with Gasteiger partial charge >= 0.3 is 0 Å². The van der Waals surface area contributed by atoms with E-state index in [0.717, 1.165) is 30.7 Å². The van der Waals surface area contributed by atoms with E-state index < -0.39 is 0 Å². The minimum absolute atomic E-state index is 0.0493. The van der Waals surface area contributed by atoms with Crippen LogP contribution in [-0.4, -0.2) is 41.4 Å². The third-order valence-corrected chi connectivity index (χ3v) is 8.79. The number of hydrogen-bond acceptors (Lipinski definition) is 5. The molecule has 3 fully saturated rings. The summed E-state index contributed by atoms with van der Waals surface area (Å²) in [5, 5.41) is 6.46. The van der Waals surface area contributed by atoms with Crippen molar-refractivity contribution in [1.29, 1.82) is 0 Å². The third-order valence-electron chi connectivity index (χ3n) is 8.79. The maximum Gasteiger partial charge on any atom is 0.139 e. The largest absolute Gasteiger partial charge is 0.364 e. The van der Waals surface area contributed by atoms with Crippen molar-refractivity contribution in [1.82, 2.24) is 5.01 Å². The van der Waals surface area contributed by atoms with Gasteiger partial charge in [0.1, 0.15) is 11.6 Å². The van der Waals surface area contributed by atoms with Gasteiger partial charge in [-0.3, -0.25) is 14.6 Å². The minimum atomic E-state index is -0.165. The van der Waals surface area contributed by atoms with Gasteiger partial charge in [0.2, 0.25) is 0 Å². The number of piperidine rings is 1. The highest BCUT2D eigenvalue weighted by molar-refractivity contribution is 5.91. The van der Waals surface area contributed by atoms with Gasteiger partial charge in [-0.25, -0.2) is 0 Å². The van der Waals surface area contributed by atoms with Crippen LogP contribution in [0.5, 0.6) is 0 Å². The zero-order chi connectivity index (χ0) is 25.3. The molecular weight excluding hydrogens is 434 g/mol. The Labute approximate surface area is 210 Å². The molecule has 5 rings (SSSR count). The number of benzene rings is 1. The van der Waals surface area contributed by atoms with Gasteiger partial charge in [-0.15, -0.1) is 0 Å². The van der Waals surface area contributed by atoms with E-state index in [0.29, 0.717) is 24.4 Å². The quantitative estimate of drug-likeness (QED) is 0.545. The van der Waals surface area contributed by atoms with Crippen LogP contribution in [0.3, 0.4) is 0 Å². The predicted molar refractivity (Wildman–Crippen MR) is 141 cm³/mol. The second kappa shape index (κ2) is 8.31. The fourth-order valence-electron chi connectivity index (χ4n) is 7.71. The van der Waals surface area contributed by atoms with Crippen LogP contribution in [0.25, 0.3) is 0 Å². The van der Waals surface area contributed by atoms with E-state index in [1.807, 2.05) is 12.1 Å². The van der Waals surface area contributed by atoms with Crippen molar-refractivity contribution in [3.8, 4) is 0 Å². The predicted octanol–water partition coefficient (Wildman–Crippen LogP) is 5.77. The van der Waals surface area contributed by atoms with Gasteiger partial charge in [-0.2, -0.15) is 5.10 Å². The first-order valence-corrected chi connectivity index (χ1v) is 13.2. The van der Waals surface area contributed by atoms with E-state index in [4.69, 9.17) is 0 Å². The number of carbonyl (C=O) groups excluding carboxylic acids is 2. The van der Waals surface area contributed by atoms with Crippen molar-refractivity contribution in [3.05, 3.63) is 41.6 Å². The van der Waals surface area contributed by atoms with Gasteiger partial charge in [0.25, 0.3) is 0 Å². The van der Waals surface area contributed by atoms with Gasteiger partial charge in [0.15, 0.2) is 0 Å². The topological polar surface area (TPSA) is 53.0 Å². The fraction of sp³-hybridized carbons (Fsp3) is 0.633. The Bertz CT molecular complexity index is 1050. The number of allylic oxidation sites excluding steroid dienone is 1. The molecule has 0 N–H and O–H groups in total. The molecule has 2 saturated carbocycles. The number of anilines is 1. The molecule has 0 bridgehead atoms. The highest BCUT2D eigenvalue weighted by Crippen LogP contribution is 2.56. The maximum atomic E-state index is 14.0. The standard InChI is InChI=1S/C30H41N3O2/c1-18-8-10-21(11-9-18)33-22-13-29(3,4)15-24(34)27(22)26(20-12-19(2)31-32(7)17-20)28-23(33)14-30(5,6)16-25(28)35/h8-11,17,22-23,26-28H,12-16H2,1-7H3. The summed E-state index contributed by atoms with van der Waals surface area (Å²) in [5.74, 6) is 0.274. The van der Waals surface area contributed by atoms with Crippen LogP contribution in [0.1, 0.15) is 72.3 Å². The summed E-state index contributed by atoms with van der Waals surface area (Å²) < 4.78 is 0. The van der Waals surface area contributed by atoms with Gasteiger partial charge < -0.3 is 4.90 Å². The average Bonchev–Trinajstić information content (AvgIpc) is 2.71. The van der Waals surface area contributed by atoms with Crippen LogP contribution in [0.4, 0.5) is 5.69 Å². The SMILES string of the molecule is CC1=NN(C)C=C(C2C3C(=O)CC(C)(C)CC3N(c3ccc(C)cc3)C3CC(C)(C)CC(=O)C23)C1. The van der Waals surface area contributed by atoms with E-state index >= 15 is 0 Å². The molecular formula is C30H41N3O2. The number of ketones is 2. The number of nitrogens with zero attached hydrogens (tertiary/aromatic N) is 3. The molecule has 35 heavy (non-hydrogen) atoms. The number of aryl methyl sites for hydroxylation is 1. The Kier molecular flexibility index (Phi) is 5.77. The van der Waals surface area contributed by atoms with Crippen LogP contribution >= 0.6 is 0 Å².